The molecule has 2 amide bonds. The summed E-state index contributed by atoms with van der Waals surface area (Å²) >= 11 is 0. The summed E-state index contributed by atoms with van der Waals surface area (Å²) in [6.45, 7) is 5.71. The van der Waals surface area contributed by atoms with Crippen LogP contribution >= 0.6 is 0 Å². The molecular formula is C23H30N4O3. The lowest BCUT2D eigenvalue weighted by Crippen LogP contribution is -2.60. The van der Waals surface area contributed by atoms with Gasteiger partial charge in [0.1, 0.15) is 5.75 Å². The summed E-state index contributed by atoms with van der Waals surface area (Å²) < 4.78 is 5.29. The van der Waals surface area contributed by atoms with Crippen LogP contribution in [-0.4, -0.2) is 65.4 Å². The van der Waals surface area contributed by atoms with E-state index in [1.807, 2.05) is 41.3 Å². The minimum absolute atomic E-state index is 0.0442. The molecule has 1 fully saturated rings. The number of methoxy groups -OCH3 is 1. The molecule has 1 N–H and O–H groups in total. The molecule has 1 aromatic carbocycles. The summed E-state index contributed by atoms with van der Waals surface area (Å²) in [5.74, 6) is 0.706. The van der Waals surface area contributed by atoms with Crippen molar-refractivity contribution in [1.82, 2.24) is 14.8 Å². The molecule has 1 aromatic heterocycles. The second kappa shape index (κ2) is 10.2. The fourth-order valence-corrected chi connectivity index (χ4v) is 3.85. The number of para-hydroxylation sites is 2. The van der Waals surface area contributed by atoms with Crippen LogP contribution in [0.1, 0.15) is 25.8 Å². The molecule has 1 saturated heterocycles. The maximum atomic E-state index is 12.8. The van der Waals surface area contributed by atoms with Crippen LogP contribution in [0.2, 0.25) is 0 Å². The van der Waals surface area contributed by atoms with Crippen LogP contribution < -0.4 is 10.1 Å². The number of benzene rings is 1. The fourth-order valence-electron chi connectivity index (χ4n) is 3.85. The number of rotatable bonds is 7. The third-order valence-corrected chi connectivity index (χ3v) is 5.82. The summed E-state index contributed by atoms with van der Waals surface area (Å²) in [6.07, 6.45) is 4.69. The number of carbonyl (C=O) groups excluding carboxylic acids is 2. The zero-order chi connectivity index (χ0) is 21.5. The summed E-state index contributed by atoms with van der Waals surface area (Å²) in [5, 5.41) is 2.93. The molecule has 3 rings (SSSR count). The van der Waals surface area contributed by atoms with E-state index in [9.17, 15) is 9.59 Å². The third kappa shape index (κ3) is 5.36. The van der Waals surface area contributed by atoms with Gasteiger partial charge in [0.25, 0.3) is 0 Å². The lowest BCUT2D eigenvalue weighted by atomic mass is 10.0. The minimum atomic E-state index is -0.0870. The highest BCUT2D eigenvalue weighted by atomic mass is 16.5. The topological polar surface area (TPSA) is 74.8 Å². The van der Waals surface area contributed by atoms with Crippen molar-refractivity contribution >= 4 is 17.5 Å². The van der Waals surface area contributed by atoms with Gasteiger partial charge in [-0.05, 0) is 50.1 Å². The Bertz CT molecular complexity index is 859. The predicted octanol–water partition coefficient (Wildman–Crippen LogP) is 2.58. The molecule has 0 radical (unpaired) electrons. The summed E-state index contributed by atoms with van der Waals surface area (Å²) in [6, 6.07) is 11.4. The molecule has 1 aliphatic heterocycles. The molecule has 2 atom stereocenters. The van der Waals surface area contributed by atoms with Crippen LogP contribution in [0.15, 0.2) is 48.8 Å². The Labute approximate surface area is 178 Å². The van der Waals surface area contributed by atoms with Crippen molar-refractivity contribution in [2.45, 2.75) is 38.8 Å². The van der Waals surface area contributed by atoms with Gasteiger partial charge in [-0.3, -0.25) is 19.5 Å². The van der Waals surface area contributed by atoms with E-state index in [-0.39, 0.29) is 30.4 Å². The van der Waals surface area contributed by atoms with Gasteiger partial charge in [-0.2, -0.15) is 0 Å². The monoisotopic (exact) mass is 410 g/mol. The van der Waals surface area contributed by atoms with Crippen molar-refractivity contribution in [2.75, 3.05) is 32.1 Å². The van der Waals surface area contributed by atoms with Crippen LogP contribution in [0.25, 0.3) is 0 Å². The van der Waals surface area contributed by atoms with Crippen LogP contribution in [-0.2, 0) is 16.0 Å². The van der Waals surface area contributed by atoms with Crippen molar-refractivity contribution in [2.24, 2.45) is 0 Å². The Kier molecular flexibility index (Phi) is 7.41. The van der Waals surface area contributed by atoms with Crippen molar-refractivity contribution in [3.05, 3.63) is 54.4 Å². The molecule has 0 aliphatic carbocycles. The van der Waals surface area contributed by atoms with Gasteiger partial charge in [0.15, 0.2) is 0 Å². The largest absolute Gasteiger partial charge is 0.495 e. The van der Waals surface area contributed by atoms with Crippen LogP contribution in [0.3, 0.4) is 0 Å². The SMILES string of the molecule is COc1ccccc1NC(=O)CN1CCN(C(=O)CCc2ccncc2)[C@H](C)[C@@H]1C. The molecule has 1 aliphatic rings. The van der Waals surface area contributed by atoms with Gasteiger partial charge in [-0.25, -0.2) is 0 Å². The van der Waals surface area contributed by atoms with Gasteiger partial charge in [-0.1, -0.05) is 12.1 Å². The second-order valence-electron chi connectivity index (χ2n) is 7.64. The number of carbonyl (C=O) groups is 2. The molecule has 2 aromatic rings. The van der Waals surface area contributed by atoms with Crippen LogP contribution in [0, 0.1) is 0 Å². The normalized spacial score (nSPS) is 19.4. The molecule has 7 nitrogen and oxygen atoms in total. The number of piperazine rings is 1. The Morgan fingerprint density at radius 3 is 2.57 bits per heavy atom. The number of hydrogen-bond donors (Lipinski definition) is 1. The van der Waals surface area contributed by atoms with Gasteiger partial charge in [-0.15, -0.1) is 0 Å². The summed E-state index contributed by atoms with van der Waals surface area (Å²) in [5.41, 5.74) is 1.78. The molecule has 0 saturated carbocycles. The third-order valence-electron chi connectivity index (χ3n) is 5.82. The van der Waals surface area contributed by atoms with Gasteiger partial charge in [0.2, 0.25) is 11.8 Å². The van der Waals surface area contributed by atoms with E-state index in [1.165, 1.54) is 0 Å². The number of pyridine rings is 1. The van der Waals surface area contributed by atoms with E-state index in [1.54, 1.807) is 19.5 Å². The quantitative estimate of drug-likeness (QED) is 0.759. The Hall–Kier alpha value is -2.93. The average Bonchev–Trinajstić information content (AvgIpc) is 2.76. The minimum Gasteiger partial charge on any atom is -0.495 e. The number of amides is 2. The van der Waals surface area contributed by atoms with Crippen molar-refractivity contribution in [3.63, 3.8) is 0 Å². The highest BCUT2D eigenvalue weighted by molar-refractivity contribution is 5.93. The van der Waals surface area contributed by atoms with Gasteiger partial charge < -0.3 is 15.0 Å². The van der Waals surface area contributed by atoms with Gasteiger partial charge in [0.05, 0.1) is 19.3 Å². The molecular weight excluding hydrogens is 380 g/mol. The van der Waals surface area contributed by atoms with Crippen molar-refractivity contribution in [3.8, 4) is 5.75 Å². The molecule has 30 heavy (non-hydrogen) atoms. The molecule has 2 heterocycles. The van der Waals surface area contributed by atoms with E-state index >= 15 is 0 Å². The smallest absolute Gasteiger partial charge is 0.238 e. The zero-order valence-electron chi connectivity index (χ0n) is 17.9. The van der Waals surface area contributed by atoms with E-state index in [0.717, 1.165) is 5.56 Å². The first kappa shape index (κ1) is 21.8. The summed E-state index contributed by atoms with van der Waals surface area (Å²) in [4.78, 5) is 33.4. The average molecular weight is 411 g/mol. The first-order valence-corrected chi connectivity index (χ1v) is 10.3. The standard InChI is InChI=1S/C23H30N4O3/c1-17-18(2)27(23(29)9-8-19-10-12-24-13-11-19)15-14-26(17)16-22(28)25-20-6-4-5-7-21(20)30-3/h4-7,10-13,17-18H,8-9,14-16H2,1-3H3,(H,25,28)/t17-,18+/m0/s1. The number of nitrogens with one attached hydrogen (secondary N) is 1. The number of anilines is 1. The second-order valence-corrected chi connectivity index (χ2v) is 7.64. The fraction of sp³-hybridized carbons (Fsp3) is 0.435. The highest BCUT2D eigenvalue weighted by Gasteiger charge is 2.33. The van der Waals surface area contributed by atoms with E-state index in [2.05, 4.69) is 29.0 Å². The molecule has 0 unspecified atom stereocenters. The Morgan fingerprint density at radius 1 is 1.10 bits per heavy atom. The lowest BCUT2D eigenvalue weighted by Gasteiger charge is -2.44. The maximum absolute atomic E-state index is 12.8. The van der Waals surface area contributed by atoms with Gasteiger partial charge in [0, 0.05) is 44.0 Å². The van der Waals surface area contributed by atoms with Gasteiger partial charge >= 0.3 is 0 Å². The van der Waals surface area contributed by atoms with E-state index < -0.39 is 0 Å². The number of ether oxygens (including phenoxy) is 1. The van der Waals surface area contributed by atoms with E-state index in [4.69, 9.17) is 4.74 Å². The number of aryl methyl sites for hydroxylation is 1. The Balaban J connectivity index is 1.52. The first-order chi connectivity index (χ1) is 14.5. The van der Waals surface area contributed by atoms with Crippen LogP contribution in [0.4, 0.5) is 5.69 Å². The Morgan fingerprint density at radius 2 is 1.83 bits per heavy atom. The highest BCUT2D eigenvalue weighted by Crippen LogP contribution is 2.23. The predicted molar refractivity (Wildman–Crippen MR) is 116 cm³/mol. The zero-order valence-corrected chi connectivity index (χ0v) is 17.9. The molecule has 7 heteroatoms. The first-order valence-electron chi connectivity index (χ1n) is 10.3. The van der Waals surface area contributed by atoms with Crippen molar-refractivity contribution in [1.29, 1.82) is 0 Å². The van der Waals surface area contributed by atoms with E-state index in [0.29, 0.717) is 37.4 Å². The maximum Gasteiger partial charge on any atom is 0.238 e. The molecule has 0 spiro atoms. The molecule has 160 valence electrons. The lowest BCUT2D eigenvalue weighted by molar-refractivity contribution is -0.137. The number of nitrogens with zero attached hydrogens (tertiary/aromatic N) is 3. The molecule has 0 bridgehead atoms. The van der Waals surface area contributed by atoms with Crippen molar-refractivity contribution < 1.29 is 14.3 Å². The number of aromatic nitrogens is 1. The number of hydrogen-bond acceptors (Lipinski definition) is 5. The summed E-state index contributed by atoms with van der Waals surface area (Å²) in [7, 11) is 1.58. The van der Waals surface area contributed by atoms with Crippen LogP contribution in [0.5, 0.6) is 5.75 Å².